The Bertz CT molecular complexity index is 411. The number of carbonyl (C=O) groups excluding carboxylic acids is 1. The minimum atomic E-state index is -0.294. The third kappa shape index (κ3) is 5.19. The summed E-state index contributed by atoms with van der Waals surface area (Å²) in [5.41, 5.74) is 0. The van der Waals surface area contributed by atoms with Crippen LogP contribution in [0.4, 0.5) is 0 Å². The first-order chi connectivity index (χ1) is 9.74. The van der Waals surface area contributed by atoms with Crippen molar-refractivity contribution < 1.29 is 14.6 Å². The van der Waals surface area contributed by atoms with Gasteiger partial charge in [0.15, 0.2) is 0 Å². The molecule has 0 unspecified atom stereocenters. The van der Waals surface area contributed by atoms with E-state index < -0.39 is 0 Å². The van der Waals surface area contributed by atoms with Crippen molar-refractivity contribution >= 4 is 5.91 Å². The molecule has 0 bridgehead atoms. The van der Waals surface area contributed by atoms with Gasteiger partial charge in [-0.1, -0.05) is 18.2 Å². The van der Waals surface area contributed by atoms with Crippen molar-refractivity contribution in [1.29, 1.82) is 0 Å². The number of carbonyl (C=O) groups is 1. The number of rotatable bonds is 6. The van der Waals surface area contributed by atoms with Gasteiger partial charge >= 0.3 is 0 Å². The number of hydrogen-bond acceptors (Lipinski definition) is 4. The number of aliphatic hydroxyl groups is 1. The molecule has 0 spiro atoms. The number of benzene rings is 1. The zero-order valence-corrected chi connectivity index (χ0v) is 11.6. The van der Waals surface area contributed by atoms with E-state index in [0.29, 0.717) is 26.2 Å². The number of likely N-dealkylation sites (tertiary alicyclic amines) is 1. The van der Waals surface area contributed by atoms with E-state index in [1.807, 2.05) is 35.2 Å². The lowest BCUT2D eigenvalue weighted by molar-refractivity contribution is -0.123. The number of amides is 1. The van der Waals surface area contributed by atoms with Crippen LogP contribution < -0.4 is 10.1 Å². The van der Waals surface area contributed by atoms with Crippen LogP contribution in [-0.2, 0) is 4.79 Å². The van der Waals surface area contributed by atoms with Crippen LogP contribution in [-0.4, -0.2) is 54.8 Å². The van der Waals surface area contributed by atoms with Gasteiger partial charge < -0.3 is 15.2 Å². The zero-order valence-electron chi connectivity index (χ0n) is 11.6. The average molecular weight is 278 g/mol. The van der Waals surface area contributed by atoms with Crippen molar-refractivity contribution in [2.24, 2.45) is 0 Å². The third-order valence-corrected chi connectivity index (χ3v) is 3.28. The highest BCUT2D eigenvalue weighted by Gasteiger charge is 2.19. The minimum Gasteiger partial charge on any atom is -0.492 e. The maximum Gasteiger partial charge on any atom is 0.234 e. The van der Waals surface area contributed by atoms with Crippen LogP contribution in [0.1, 0.15) is 12.8 Å². The SMILES string of the molecule is O=C(CN1CCC[C@H](O)C1)NCCOc1ccccc1. The summed E-state index contributed by atoms with van der Waals surface area (Å²) in [6.45, 7) is 2.77. The topological polar surface area (TPSA) is 61.8 Å². The smallest absolute Gasteiger partial charge is 0.234 e. The lowest BCUT2D eigenvalue weighted by Crippen LogP contribution is -2.44. The molecular formula is C15H22N2O3. The second kappa shape index (κ2) is 7.87. The second-order valence-corrected chi connectivity index (χ2v) is 5.04. The number of aliphatic hydroxyl groups excluding tert-OH is 1. The van der Waals surface area contributed by atoms with E-state index in [-0.39, 0.29) is 12.0 Å². The number of ether oxygens (including phenoxy) is 1. The van der Waals surface area contributed by atoms with Crippen LogP contribution in [0.25, 0.3) is 0 Å². The Morgan fingerprint density at radius 1 is 1.40 bits per heavy atom. The summed E-state index contributed by atoms with van der Waals surface area (Å²) in [5.74, 6) is 0.789. The monoisotopic (exact) mass is 278 g/mol. The van der Waals surface area contributed by atoms with E-state index in [0.717, 1.165) is 25.1 Å². The molecule has 2 rings (SSSR count). The Kier molecular flexibility index (Phi) is 5.83. The van der Waals surface area contributed by atoms with Crippen molar-refractivity contribution in [2.75, 3.05) is 32.8 Å². The summed E-state index contributed by atoms with van der Waals surface area (Å²) < 4.78 is 5.50. The van der Waals surface area contributed by atoms with E-state index in [9.17, 15) is 9.90 Å². The average Bonchev–Trinajstić information content (AvgIpc) is 2.45. The van der Waals surface area contributed by atoms with Crippen molar-refractivity contribution in [2.45, 2.75) is 18.9 Å². The fraction of sp³-hybridized carbons (Fsp3) is 0.533. The fourth-order valence-electron chi connectivity index (χ4n) is 2.31. The molecule has 5 heteroatoms. The Morgan fingerprint density at radius 3 is 2.95 bits per heavy atom. The van der Waals surface area contributed by atoms with Crippen molar-refractivity contribution in [1.82, 2.24) is 10.2 Å². The lowest BCUT2D eigenvalue weighted by atomic mass is 10.1. The lowest BCUT2D eigenvalue weighted by Gasteiger charge is -2.29. The standard InChI is InChI=1S/C15H22N2O3/c18-13-5-4-9-17(11-13)12-15(19)16-8-10-20-14-6-2-1-3-7-14/h1-3,6-7,13,18H,4-5,8-12H2,(H,16,19)/t13-/m0/s1. The van der Waals surface area contributed by atoms with Crippen molar-refractivity contribution in [3.63, 3.8) is 0 Å². The number of piperidine rings is 1. The second-order valence-electron chi connectivity index (χ2n) is 5.04. The number of β-amino-alcohol motifs (C(OH)–C–C–N with tert-alkyl or cyclic N) is 1. The van der Waals surface area contributed by atoms with Crippen LogP contribution in [0, 0.1) is 0 Å². The Labute approximate surface area is 119 Å². The van der Waals surface area contributed by atoms with E-state index in [1.165, 1.54) is 0 Å². The molecule has 0 aliphatic carbocycles. The van der Waals surface area contributed by atoms with Gasteiger partial charge in [0.2, 0.25) is 5.91 Å². The molecule has 1 heterocycles. The van der Waals surface area contributed by atoms with Gasteiger partial charge in [-0.2, -0.15) is 0 Å². The van der Waals surface area contributed by atoms with Crippen LogP contribution in [0.15, 0.2) is 30.3 Å². The molecular weight excluding hydrogens is 256 g/mol. The summed E-state index contributed by atoms with van der Waals surface area (Å²) in [7, 11) is 0. The van der Waals surface area contributed by atoms with Gasteiger partial charge in [-0.05, 0) is 31.5 Å². The van der Waals surface area contributed by atoms with Gasteiger partial charge in [0.25, 0.3) is 0 Å². The van der Waals surface area contributed by atoms with Gasteiger partial charge in [-0.15, -0.1) is 0 Å². The Hall–Kier alpha value is -1.59. The van der Waals surface area contributed by atoms with Crippen molar-refractivity contribution in [3.8, 4) is 5.75 Å². The predicted molar refractivity (Wildman–Crippen MR) is 76.6 cm³/mol. The predicted octanol–water partition coefficient (Wildman–Crippen LogP) is 0.638. The van der Waals surface area contributed by atoms with Gasteiger partial charge in [0, 0.05) is 6.54 Å². The molecule has 1 aliphatic heterocycles. The number of nitrogens with one attached hydrogen (secondary N) is 1. The molecule has 110 valence electrons. The molecule has 0 radical (unpaired) electrons. The van der Waals surface area contributed by atoms with Gasteiger partial charge in [-0.3, -0.25) is 9.69 Å². The van der Waals surface area contributed by atoms with Crippen LogP contribution in [0.5, 0.6) is 5.75 Å². The quantitative estimate of drug-likeness (QED) is 0.750. The maximum atomic E-state index is 11.7. The molecule has 0 saturated carbocycles. The van der Waals surface area contributed by atoms with E-state index in [1.54, 1.807) is 0 Å². The molecule has 1 aromatic carbocycles. The third-order valence-electron chi connectivity index (χ3n) is 3.28. The molecule has 20 heavy (non-hydrogen) atoms. The summed E-state index contributed by atoms with van der Waals surface area (Å²) in [6.07, 6.45) is 1.49. The van der Waals surface area contributed by atoms with Crippen LogP contribution >= 0.6 is 0 Å². The van der Waals surface area contributed by atoms with Crippen LogP contribution in [0.2, 0.25) is 0 Å². The number of hydrogen-bond donors (Lipinski definition) is 2. The first-order valence-corrected chi connectivity index (χ1v) is 7.09. The summed E-state index contributed by atoms with van der Waals surface area (Å²) in [6, 6.07) is 9.53. The number of nitrogens with zero attached hydrogens (tertiary/aromatic N) is 1. The Morgan fingerprint density at radius 2 is 2.20 bits per heavy atom. The maximum absolute atomic E-state index is 11.7. The summed E-state index contributed by atoms with van der Waals surface area (Å²) in [5, 5.41) is 12.4. The molecule has 1 saturated heterocycles. The highest BCUT2D eigenvalue weighted by Crippen LogP contribution is 2.09. The highest BCUT2D eigenvalue weighted by molar-refractivity contribution is 5.78. The first-order valence-electron chi connectivity index (χ1n) is 7.09. The summed E-state index contributed by atoms with van der Waals surface area (Å²) in [4.78, 5) is 13.7. The molecule has 1 fully saturated rings. The minimum absolute atomic E-state index is 0.0178. The van der Waals surface area contributed by atoms with Gasteiger partial charge in [0.1, 0.15) is 12.4 Å². The molecule has 1 amide bonds. The first kappa shape index (κ1) is 14.8. The molecule has 1 aliphatic rings. The van der Waals surface area contributed by atoms with Crippen molar-refractivity contribution in [3.05, 3.63) is 30.3 Å². The number of para-hydroxylation sites is 1. The molecule has 0 aromatic heterocycles. The molecule has 5 nitrogen and oxygen atoms in total. The highest BCUT2D eigenvalue weighted by atomic mass is 16.5. The largest absolute Gasteiger partial charge is 0.492 e. The van der Waals surface area contributed by atoms with E-state index in [2.05, 4.69) is 5.32 Å². The summed E-state index contributed by atoms with van der Waals surface area (Å²) >= 11 is 0. The van der Waals surface area contributed by atoms with Crippen LogP contribution in [0.3, 0.4) is 0 Å². The molecule has 2 N–H and O–H groups in total. The molecule has 1 aromatic rings. The van der Waals surface area contributed by atoms with Gasteiger partial charge in [-0.25, -0.2) is 0 Å². The van der Waals surface area contributed by atoms with E-state index in [4.69, 9.17) is 4.74 Å². The fourth-order valence-corrected chi connectivity index (χ4v) is 2.31. The van der Waals surface area contributed by atoms with Gasteiger partial charge in [0.05, 0.1) is 19.2 Å². The molecule has 1 atom stereocenters. The van der Waals surface area contributed by atoms with E-state index >= 15 is 0 Å². The normalized spacial score (nSPS) is 19.6. The zero-order chi connectivity index (χ0) is 14.2. The Balaban J connectivity index is 1.58.